The van der Waals surface area contributed by atoms with Crippen LogP contribution in [0.15, 0.2) is 0 Å². The summed E-state index contributed by atoms with van der Waals surface area (Å²) in [5, 5.41) is 9.38. The van der Waals surface area contributed by atoms with Crippen molar-refractivity contribution in [1.29, 1.82) is 0 Å². The summed E-state index contributed by atoms with van der Waals surface area (Å²) in [5.74, 6) is -0.776. The van der Waals surface area contributed by atoms with Crippen molar-refractivity contribution in [2.75, 3.05) is 19.5 Å². The van der Waals surface area contributed by atoms with Gasteiger partial charge in [-0.1, -0.05) is 12.8 Å². The van der Waals surface area contributed by atoms with E-state index in [4.69, 9.17) is 4.74 Å². The molecule has 1 heterocycles. The van der Waals surface area contributed by atoms with E-state index in [0.717, 1.165) is 25.7 Å². The highest BCUT2D eigenvalue weighted by Gasteiger charge is 2.50. The second-order valence-corrected chi connectivity index (χ2v) is 8.04. The number of rotatable bonds is 7. The van der Waals surface area contributed by atoms with Crippen LogP contribution in [0, 0.1) is 5.92 Å². The number of nitrogens with zero attached hydrogens (tertiary/aromatic N) is 1. The topological polar surface area (TPSA) is 83.9 Å². The van der Waals surface area contributed by atoms with Gasteiger partial charge in [0.2, 0.25) is 10.0 Å². The fourth-order valence-electron chi connectivity index (χ4n) is 3.67. The summed E-state index contributed by atoms with van der Waals surface area (Å²) in [7, 11) is -1.92. The normalized spacial score (nSPS) is 30.2. The first kappa shape index (κ1) is 16.7. The largest absolute Gasteiger partial charge is 0.480 e. The molecular weight excluding hydrogens is 294 g/mol. The molecule has 0 aromatic rings. The summed E-state index contributed by atoms with van der Waals surface area (Å²) in [4.78, 5) is 11.5. The number of hydrogen-bond donors (Lipinski definition) is 1. The zero-order valence-corrected chi connectivity index (χ0v) is 13.3. The van der Waals surface area contributed by atoms with Crippen LogP contribution in [0.2, 0.25) is 0 Å². The van der Waals surface area contributed by atoms with Gasteiger partial charge in [0, 0.05) is 19.8 Å². The van der Waals surface area contributed by atoms with Gasteiger partial charge in [0.05, 0.1) is 5.75 Å². The fourth-order valence-corrected chi connectivity index (χ4v) is 5.70. The van der Waals surface area contributed by atoms with E-state index >= 15 is 0 Å². The van der Waals surface area contributed by atoms with Crippen molar-refractivity contribution in [3.8, 4) is 0 Å². The predicted molar refractivity (Wildman–Crippen MR) is 78.5 cm³/mol. The van der Waals surface area contributed by atoms with Gasteiger partial charge in [-0.2, -0.15) is 4.31 Å². The predicted octanol–water partition coefficient (Wildman–Crippen LogP) is 1.46. The molecular formula is C14H25NO5S. The first-order chi connectivity index (χ1) is 9.97. The van der Waals surface area contributed by atoms with Crippen LogP contribution in [0.5, 0.6) is 0 Å². The van der Waals surface area contributed by atoms with E-state index in [9.17, 15) is 18.3 Å². The maximum Gasteiger partial charge on any atom is 0.322 e. The van der Waals surface area contributed by atoms with Crippen LogP contribution >= 0.6 is 0 Å². The standard InChI is InChI=1S/C14H25NO5S/c1-20-8-4-5-9-21(18,19)15-12-7-3-2-6-11(12)10-13(15)14(16)17/h11-13H,2-10H2,1H3,(H,16,17). The molecule has 3 atom stereocenters. The van der Waals surface area contributed by atoms with Gasteiger partial charge in [0.15, 0.2) is 0 Å². The van der Waals surface area contributed by atoms with Gasteiger partial charge in [-0.15, -0.1) is 0 Å². The van der Waals surface area contributed by atoms with Crippen LogP contribution < -0.4 is 0 Å². The van der Waals surface area contributed by atoms with Crippen LogP contribution in [-0.4, -0.2) is 55.4 Å². The monoisotopic (exact) mass is 319 g/mol. The maximum absolute atomic E-state index is 12.6. The number of sulfonamides is 1. The Morgan fingerprint density at radius 1 is 1.29 bits per heavy atom. The first-order valence-corrected chi connectivity index (χ1v) is 9.31. The Morgan fingerprint density at radius 3 is 2.67 bits per heavy atom. The number of fused-ring (bicyclic) bond motifs is 1. The van der Waals surface area contributed by atoms with Crippen molar-refractivity contribution in [1.82, 2.24) is 4.31 Å². The molecule has 0 radical (unpaired) electrons. The zero-order valence-electron chi connectivity index (χ0n) is 12.5. The molecule has 2 fully saturated rings. The quantitative estimate of drug-likeness (QED) is 0.718. The summed E-state index contributed by atoms with van der Waals surface area (Å²) < 4.78 is 31.4. The summed E-state index contributed by atoms with van der Waals surface area (Å²) in [6.45, 7) is 0.532. The Labute approximate surface area is 126 Å². The van der Waals surface area contributed by atoms with Gasteiger partial charge >= 0.3 is 5.97 Å². The second-order valence-electron chi connectivity index (χ2n) is 6.05. The van der Waals surface area contributed by atoms with Crippen molar-refractivity contribution in [3.63, 3.8) is 0 Å². The molecule has 1 aliphatic heterocycles. The van der Waals surface area contributed by atoms with Crippen molar-refractivity contribution in [2.24, 2.45) is 5.92 Å². The van der Waals surface area contributed by atoms with E-state index in [0.29, 0.717) is 25.9 Å². The lowest BCUT2D eigenvalue weighted by Crippen LogP contribution is -2.47. The molecule has 1 N–H and O–H groups in total. The van der Waals surface area contributed by atoms with Crippen LogP contribution in [0.25, 0.3) is 0 Å². The average molecular weight is 319 g/mol. The first-order valence-electron chi connectivity index (χ1n) is 7.70. The highest BCUT2D eigenvalue weighted by atomic mass is 32.2. The SMILES string of the molecule is COCCCCS(=O)(=O)N1C(C(=O)O)CC2CCCCC21. The molecule has 2 rings (SSSR count). The van der Waals surface area contributed by atoms with E-state index in [-0.39, 0.29) is 17.7 Å². The minimum Gasteiger partial charge on any atom is -0.480 e. The third-order valence-corrected chi connectivity index (χ3v) is 6.61. The molecule has 2 aliphatic rings. The second kappa shape index (κ2) is 7.07. The van der Waals surface area contributed by atoms with Gasteiger partial charge in [-0.05, 0) is 38.0 Å². The molecule has 1 saturated heterocycles. The molecule has 21 heavy (non-hydrogen) atoms. The summed E-state index contributed by atoms with van der Waals surface area (Å²) in [6, 6.07) is -0.974. The molecule has 0 spiro atoms. The Balaban J connectivity index is 2.10. The number of carboxylic acids is 1. The van der Waals surface area contributed by atoms with Crippen molar-refractivity contribution >= 4 is 16.0 Å². The minimum atomic E-state index is -3.51. The summed E-state index contributed by atoms with van der Waals surface area (Å²) >= 11 is 0. The van der Waals surface area contributed by atoms with Gasteiger partial charge in [0.1, 0.15) is 6.04 Å². The smallest absolute Gasteiger partial charge is 0.322 e. The molecule has 0 aromatic carbocycles. The highest BCUT2D eigenvalue weighted by Crippen LogP contribution is 2.41. The molecule has 1 saturated carbocycles. The van der Waals surface area contributed by atoms with Crippen LogP contribution in [0.4, 0.5) is 0 Å². The van der Waals surface area contributed by atoms with Gasteiger partial charge < -0.3 is 9.84 Å². The Morgan fingerprint density at radius 2 is 2.00 bits per heavy atom. The Kier molecular flexibility index (Phi) is 5.62. The van der Waals surface area contributed by atoms with E-state index in [1.165, 1.54) is 4.31 Å². The molecule has 1 aliphatic carbocycles. The number of ether oxygens (including phenoxy) is 1. The fraction of sp³-hybridized carbons (Fsp3) is 0.929. The van der Waals surface area contributed by atoms with E-state index in [2.05, 4.69) is 0 Å². The Hall–Kier alpha value is -0.660. The van der Waals surface area contributed by atoms with E-state index in [1.54, 1.807) is 7.11 Å². The third kappa shape index (κ3) is 3.76. The lowest BCUT2D eigenvalue weighted by atomic mass is 9.85. The van der Waals surface area contributed by atoms with E-state index < -0.39 is 22.0 Å². The van der Waals surface area contributed by atoms with Crippen LogP contribution in [-0.2, 0) is 19.6 Å². The number of methoxy groups -OCH3 is 1. The van der Waals surface area contributed by atoms with Crippen molar-refractivity contribution < 1.29 is 23.1 Å². The lowest BCUT2D eigenvalue weighted by Gasteiger charge is -2.32. The van der Waals surface area contributed by atoms with Crippen molar-refractivity contribution in [2.45, 2.75) is 57.0 Å². The van der Waals surface area contributed by atoms with Crippen LogP contribution in [0.1, 0.15) is 44.9 Å². The highest BCUT2D eigenvalue weighted by molar-refractivity contribution is 7.89. The number of unbranched alkanes of at least 4 members (excludes halogenated alkanes) is 1. The number of hydrogen-bond acceptors (Lipinski definition) is 4. The van der Waals surface area contributed by atoms with Gasteiger partial charge in [-0.3, -0.25) is 4.79 Å². The number of aliphatic carboxylic acids is 1. The van der Waals surface area contributed by atoms with Gasteiger partial charge in [0.25, 0.3) is 0 Å². The summed E-state index contributed by atoms with van der Waals surface area (Å²) in [6.07, 6.45) is 5.47. The Bertz CT molecular complexity index is 464. The summed E-state index contributed by atoms with van der Waals surface area (Å²) in [5.41, 5.74) is 0. The zero-order chi connectivity index (χ0) is 15.5. The minimum absolute atomic E-state index is 0.0172. The molecule has 7 heteroatoms. The molecule has 3 unspecified atom stereocenters. The molecule has 0 amide bonds. The molecule has 122 valence electrons. The van der Waals surface area contributed by atoms with E-state index in [1.807, 2.05) is 0 Å². The lowest BCUT2D eigenvalue weighted by molar-refractivity contribution is -0.141. The molecule has 6 nitrogen and oxygen atoms in total. The van der Waals surface area contributed by atoms with Crippen molar-refractivity contribution in [3.05, 3.63) is 0 Å². The molecule has 0 bridgehead atoms. The maximum atomic E-state index is 12.6. The number of carboxylic acid groups (broad SMARTS) is 1. The average Bonchev–Trinajstić information content (AvgIpc) is 2.84. The third-order valence-electron chi connectivity index (χ3n) is 4.64. The van der Waals surface area contributed by atoms with Crippen LogP contribution in [0.3, 0.4) is 0 Å². The number of carbonyl (C=O) groups is 1. The molecule has 0 aromatic heterocycles. The van der Waals surface area contributed by atoms with Gasteiger partial charge in [-0.25, -0.2) is 8.42 Å².